The zero-order valence-electron chi connectivity index (χ0n) is 15.0. The number of pyridine rings is 1. The summed E-state index contributed by atoms with van der Waals surface area (Å²) in [6, 6.07) is 9.68. The lowest BCUT2D eigenvalue weighted by Crippen LogP contribution is -2.30. The van der Waals surface area contributed by atoms with Gasteiger partial charge in [0.05, 0.1) is 7.11 Å². The number of rotatable bonds is 8. The van der Waals surface area contributed by atoms with E-state index in [-0.39, 0.29) is 13.0 Å². The number of ether oxygens (including phenoxy) is 1. The summed E-state index contributed by atoms with van der Waals surface area (Å²) in [7, 11) is 1.59. The first-order chi connectivity index (χ1) is 12.0. The molecule has 0 aliphatic carbocycles. The molecule has 0 radical (unpaired) electrons. The van der Waals surface area contributed by atoms with Gasteiger partial charge in [-0.2, -0.15) is 0 Å². The molecule has 1 N–H and O–H groups in total. The molecule has 132 valence electrons. The molecule has 0 atom stereocenters. The van der Waals surface area contributed by atoms with E-state index < -0.39 is 11.7 Å². The first-order valence-electron chi connectivity index (χ1n) is 8.35. The Bertz CT molecular complexity index is 739. The Hall–Kier alpha value is -2.69. The second-order valence-electron chi connectivity index (χ2n) is 6.10. The zero-order chi connectivity index (χ0) is 18.2. The van der Waals surface area contributed by atoms with Gasteiger partial charge in [-0.05, 0) is 49.9 Å². The minimum atomic E-state index is -0.556. The fraction of sp³-hybridized carbons (Fsp3) is 0.350. The summed E-state index contributed by atoms with van der Waals surface area (Å²) in [5.74, 6) is -0.254. The Morgan fingerprint density at radius 1 is 1.12 bits per heavy atom. The van der Waals surface area contributed by atoms with E-state index in [0.717, 1.165) is 22.4 Å². The predicted molar refractivity (Wildman–Crippen MR) is 96.5 cm³/mol. The summed E-state index contributed by atoms with van der Waals surface area (Å²) < 4.78 is 5.30. The molecule has 0 saturated heterocycles. The van der Waals surface area contributed by atoms with Gasteiger partial charge in [0, 0.05) is 30.4 Å². The Kier molecular flexibility index (Phi) is 6.69. The molecular formula is C20H24N2O3. The number of amides is 1. The van der Waals surface area contributed by atoms with Crippen LogP contribution in [0.4, 0.5) is 0 Å². The molecule has 25 heavy (non-hydrogen) atoms. The Morgan fingerprint density at radius 2 is 1.88 bits per heavy atom. The number of aromatic nitrogens is 1. The van der Waals surface area contributed by atoms with E-state index in [4.69, 9.17) is 4.74 Å². The van der Waals surface area contributed by atoms with Crippen molar-refractivity contribution in [1.82, 2.24) is 10.3 Å². The number of methoxy groups -OCH3 is 1. The number of carbonyl (C=O) groups is 2. The van der Waals surface area contributed by atoms with Crippen LogP contribution in [0.1, 0.15) is 35.2 Å². The van der Waals surface area contributed by atoms with Crippen molar-refractivity contribution < 1.29 is 14.3 Å². The summed E-state index contributed by atoms with van der Waals surface area (Å²) >= 11 is 0. The number of carbonyl (C=O) groups excluding carboxylic acids is 2. The van der Waals surface area contributed by atoms with Crippen LogP contribution in [0.25, 0.3) is 0 Å². The molecule has 1 aromatic carbocycles. The molecule has 0 saturated carbocycles. The van der Waals surface area contributed by atoms with Crippen LogP contribution >= 0.6 is 0 Å². The average molecular weight is 340 g/mol. The van der Waals surface area contributed by atoms with Crippen molar-refractivity contribution in [2.45, 2.75) is 39.7 Å². The van der Waals surface area contributed by atoms with Crippen LogP contribution in [0.5, 0.6) is 5.75 Å². The van der Waals surface area contributed by atoms with Crippen molar-refractivity contribution >= 4 is 11.7 Å². The minimum Gasteiger partial charge on any atom is -0.496 e. The van der Waals surface area contributed by atoms with Gasteiger partial charge in [-0.3, -0.25) is 14.6 Å². The molecule has 0 unspecified atom stereocenters. The van der Waals surface area contributed by atoms with Gasteiger partial charge in [0.25, 0.3) is 5.91 Å². The molecule has 0 bridgehead atoms. The van der Waals surface area contributed by atoms with Crippen LogP contribution in [-0.2, 0) is 22.6 Å². The topological polar surface area (TPSA) is 68.3 Å². The average Bonchev–Trinajstić information content (AvgIpc) is 2.61. The number of hydrogen-bond acceptors (Lipinski definition) is 4. The number of aryl methyl sites for hydroxylation is 3. The highest BCUT2D eigenvalue weighted by atomic mass is 16.5. The van der Waals surface area contributed by atoms with Crippen molar-refractivity contribution in [1.29, 1.82) is 0 Å². The number of benzene rings is 1. The molecular weight excluding hydrogens is 316 g/mol. The van der Waals surface area contributed by atoms with E-state index in [9.17, 15) is 9.59 Å². The largest absolute Gasteiger partial charge is 0.496 e. The van der Waals surface area contributed by atoms with Crippen LogP contribution in [0.2, 0.25) is 0 Å². The van der Waals surface area contributed by atoms with Crippen molar-refractivity contribution in [3.63, 3.8) is 0 Å². The molecule has 2 aromatic rings. The third-order valence-electron chi connectivity index (χ3n) is 3.94. The van der Waals surface area contributed by atoms with Crippen molar-refractivity contribution in [3.8, 4) is 5.75 Å². The SMILES string of the molecule is COc1cc(C)ccc1CNC(=O)C(=O)CCCc1ccc(C)cn1. The van der Waals surface area contributed by atoms with Crippen LogP contribution < -0.4 is 10.1 Å². The molecule has 0 spiro atoms. The molecule has 5 nitrogen and oxygen atoms in total. The van der Waals surface area contributed by atoms with Gasteiger partial charge < -0.3 is 10.1 Å². The first-order valence-corrected chi connectivity index (χ1v) is 8.35. The highest BCUT2D eigenvalue weighted by Crippen LogP contribution is 2.19. The highest BCUT2D eigenvalue weighted by Gasteiger charge is 2.14. The fourth-order valence-corrected chi connectivity index (χ4v) is 2.46. The second kappa shape index (κ2) is 8.97. The number of nitrogens with zero attached hydrogens (tertiary/aromatic N) is 1. The van der Waals surface area contributed by atoms with Gasteiger partial charge in [0.15, 0.2) is 0 Å². The Labute approximate surface area is 148 Å². The van der Waals surface area contributed by atoms with Gasteiger partial charge >= 0.3 is 0 Å². The van der Waals surface area contributed by atoms with Crippen molar-refractivity contribution in [2.75, 3.05) is 7.11 Å². The molecule has 1 amide bonds. The molecule has 1 aromatic heterocycles. The Balaban J connectivity index is 1.78. The standard InChI is InChI=1S/C20H24N2O3/c1-14-7-9-16(19(11-14)25-3)13-22-20(24)18(23)6-4-5-17-10-8-15(2)12-21-17/h7-12H,4-6,13H2,1-3H3,(H,22,24). The smallest absolute Gasteiger partial charge is 0.287 e. The predicted octanol–water partition coefficient (Wildman–Crippen LogP) is 2.92. The molecule has 0 fully saturated rings. The van der Waals surface area contributed by atoms with Crippen LogP contribution in [0.15, 0.2) is 36.5 Å². The number of hydrogen-bond donors (Lipinski definition) is 1. The molecule has 5 heteroatoms. The van der Waals surface area contributed by atoms with Crippen molar-refractivity contribution in [2.24, 2.45) is 0 Å². The van der Waals surface area contributed by atoms with Crippen molar-refractivity contribution in [3.05, 3.63) is 58.9 Å². The van der Waals surface area contributed by atoms with Gasteiger partial charge in [-0.15, -0.1) is 0 Å². The number of nitrogens with one attached hydrogen (secondary N) is 1. The monoisotopic (exact) mass is 340 g/mol. The maximum Gasteiger partial charge on any atom is 0.287 e. The summed E-state index contributed by atoms with van der Waals surface area (Å²) in [6.45, 7) is 4.22. The maximum absolute atomic E-state index is 12.0. The lowest BCUT2D eigenvalue weighted by atomic mass is 10.1. The lowest BCUT2D eigenvalue weighted by Gasteiger charge is -2.10. The number of ketones is 1. The normalized spacial score (nSPS) is 10.4. The summed E-state index contributed by atoms with van der Waals surface area (Å²) in [5.41, 5.74) is 3.96. The summed E-state index contributed by atoms with van der Waals surface area (Å²) in [5, 5.41) is 2.66. The van der Waals surface area contributed by atoms with Crippen LogP contribution in [0, 0.1) is 13.8 Å². The second-order valence-corrected chi connectivity index (χ2v) is 6.10. The fourth-order valence-electron chi connectivity index (χ4n) is 2.46. The van der Waals surface area contributed by atoms with Gasteiger partial charge in [-0.25, -0.2) is 0 Å². The van der Waals surface area contributed by atoms with Gasteiger partial charge in [0.1, 0.15) is 5.75 Å². The molecule has 1 heterocycles. The van der Waals surface area contributed by atoms with E-state index in [1.165, 1.54) is 0 Å². The maximum atomic E-state index is 12.0. The third kappa shape index (κ3) is 5.71. The number of Topliss-reactive ketones (excluding diaryl/α,β-unsaturated/α-hetero) is 1. The van der Waals surface area contributed by atoms with Gasteiger partial charge in [0.2, 0.25) is 5.78 Å². The zero-order valence-corrected chi connectivity index (χ0v) is 15.0. The Morgan fingerprint density at radius 3 is 2.56 bits per heavy atom. The minimum absolute atomic E-state index is 0.215. The molecule has 2 rings (SSSR count). The first kappa shape index (κ1) is 18.6. The molecule has 0 aliphatic rings. The van der Waals surface area contributed by atoms with E-state index >= 15 is 0 Å². The lowest BCUT2D eigenvalue weighted by molar-refractivity contribution is -0.138. The quantitative estimate of drug-likeness (QED) is 0.750. The summed E-state index contributed by atoms with van der Waals surface area (Å²) in [4.78, 5) is 28.2. The van der Waals surface area contributed by atoms with E-state index in [1.54, 1.807) is 13.3 Å². The third-order valence-corrected chi connectivity index (χ3v) is 3.94. The highest BCUT2D eigenvalue weighted by molar-refractivity contribution is 6.36. The van der Waals surface area contributed by atoms with E-state index in [1.807, 2.05) is 44.2 Å². The van der Waals surface area contributed by atoms with E-state index in [2.05, 4.69) is 10.3 Å². The summed E-state index contributed by atoms with van der Waals surface area (Å²) in [6.07, 6.45) is 3.31. The van der Waals surface area contributed by atoms with Gasteiger partial charge in [-0.1, -0.05) is 18.2 Å². The van der Waals surface area contributed by atoms with E-state index in [0.29, 0.717) is 18.6 Å². The van der Waals surface area contributed by atoms with Crippen LogP contribution in [0.3, 0.4) is 0 Å². The van der Waals surface area contributed by atoms with Crippen LogP contribution in [-0.4, -0.2) is 23.8 Å². The molecule has 0 aliphatic heterocycles.